The molecule has 0 saturated heterocycles. The lowest BCUT2D eigenvalue weighted by molar-refractivity contribution is 0.795. The van der Waals surface area contributed by atoms with Gasteiger partial charge in [-0.25, -0.2) is 0 Å². The average Bonchev–Trinajstić information content (AvgIpc) is 3.57. The summed E-state index contributed by atoms with van der Waals surface area (Å²) in [6, 6.07) is 59.6. The summed E-state index contributed by atoms with van der Waals surface area (Å²) in [6.07, 6.45) is 0. The average molecular weight is 599 g/mol. The molecule has 3 aliphatic rings. The van der Waals surface area contributed by atoms with Crippen LogP contribution in [0.2, 0.25) is 0 Å². The highest BCUT2D eigenvalue weighted by Gasteiger charge is 2.51. The fraction of sp³-hybridized carbons (Fsp3) is 0.0222. The van der Waals surface area contributed by atoms with Crippen molar-refractivity contribution in [2.45, 2.75) is 15.2 Å². The van der Waals surface area contributed by atoms with E-state index in [2.05, 4.69) is 158 Å². The number of fused-ring (bicyclic) bond motifs is 13. The first-order valence-corrected chi connectivity index (χ1v) is 16.8. The van der Waals surface area contributed by atoms with Gasteiger partial charge in [0.15, 0.2) is 0 Å². The van der Waals surface area contributed by atoms with Crippen LogP contribution in [0.5, 0.6) is 0 Å². The zero-order chi connectivity index (χ0) is 30.0. The second kappa shape index (κ2) is 8.88. The summed E-state index contributed by atoms with van der Waals surface area (Å²) in [7, 11) is 0. The first-order valence-electron chi connectivity index (χ1n) is 16.0. The summed E-state index contributed by atoms with van der Waals surface area (Å²) in [5.41, 5.74) is 15.7. The highest BCUT2D eigenvalue weighted by atomic mass is 32.2. The maximum absolute atomic E-state index is 2.51. The molecule has 46 heavy (non-hydrogen) atoms. The van der Waals surface area contributed by atoms with Crippen LogP contribution in [-0.2, 0) is 5.41 Å². The lowest BCUT2D eigenvalue weighted by Gasteiger charge is -2.31. The van der Waals surface area contributed by atoms with E-state index in [-0.39, 0.29) is 5.41 Å². The van der Waals surface area contributed by atoms with Crippen molar-refractivity contribution in [1.82, 2.24) is 0 Å². The minimum Gasteiger partial charge on any atom is -0.0888 e. The SMILES string of the molecule is c1ccc2c(c1)-c1ccccc1C21c2cc(-c3ccc4c(c3)-c3cccc5cccc(c35)S4)ccc2-c2cc3ccccc3cc21. The minimum atomic E-state index is -0.369. The van der Waals surface area contributed by atoms with Gasteiger partial charge in [0, 0.05) is 15.2 Å². The quantitative estimate of drug-likeness (QED) is 0.181. The molecular formula is C45H26S. The molecule has 0 fully saturated rings. The molecule has 0 aromatic heterocycles. The van der Waals surface area contributed by atoms with E-state index in [1.54, 1.807) is 0 Å². The molecule has 8 aromatic rings. The van der Waals surface area contributed by atoms with Crippen molar-refractivity contribution >= 4 is 33.3 Å². The number of benzene rings is 8. The Balaban J connectivity index is 1.19. The van der Waals surface area contributed by atoms with E-state index in [9.17, 15) is 0 Å². The van der Waals surface area contributed by atoms with Gasteiger partial charge < -0.3 is 0 Å². The first-order chi connectivity index (χ1) is 22.8. The van der Waals surface area contributed by atoms with E-state index in [4.69, 9.17) is 0 Å². The van der Waals surface area contributed by atoms with E-state index in [1.165, 1.54) is 98.1 Å². The van der Waals surface area contributed by atoms with Gasteiger partial charge in [-0.05, 0) is 119 Å². The molecular weight excluding hydrogens is 573 g/mol. The van der Waals surface area contributed by atoms with Crippen molar-refractivity contribution in [2.75, 3.05) is 0 Å². The fourth-order valence-corrected chi connectivity index (χ4v) is 9.87. The molecule has 1 aliphatic heterocycles. The Morgan fingerprint density at radius 2 is 0.913 bits per heavy atom. The maximum atomic E-state index is 2.51. The van der Waals surface area contributed by atoms with Gasteiger partial charge >= 0.3 is 0 Å². The maximum Gasteiger partial charge on any atom is 0.0725 e. The van der Waals surface area contributed by atoms with Gasteiger partial charge in [0.05, 0.1) is 5.41 Å². The zero-order valence-electron chi connectivity index (χ0n) is 24.9. The van der Waals surface area contributed by atoms with Crippen LogP contribution in [0, 0.1) is 0 Å². The molecule has 2 aliphatic carbocycles. The minimum absolute atomic E-state index is 0.369. The Morgan fingerprint density at radius 1 is 0.326 bits per heavy atom. The second-order valence-corrected chi connectivity index (χ2v) is 13.9. The van der Waals surface area contributed by atoms with Crippen molar-refractivity contribution in [3.8, 4) is 44.5 Å². The van der Waals surface area contributed by atoms with Gasteiger partial charge in [-0.15, -0.1) is 0 Å². The Bertz CT molecular complexity index is 2570. The largest absolute Gasteiger partial charge is 0.0888 e. The molecule has 1 spiro atoms. The second-order valence-electron chi connectivity index (χ2n) is 12.8. The predicted octanol–water partition coefficient (Wildman–Crippen LogP) is 12.1. The Labute approximate surface area is 272 Å². The predicted molar refractivity (Wildman–Crippen MR) is 193 cm³/mol. The molecule has 0 nitrogen and oxygen atoms in total. The summed E-state index contributed by atoms with van der Waals surface area (Å²) in [5, 5.41) is 5.25. The molecule has 0 unspecified atom stereocenters. The molecule has 0 bridgehead atoms. The van der Waals surface area contributed by atoms with Crippen molar-refractivity contribution in [1.29, 1.82) is 0 Å². The van der Waals surface area contributed by atoms with Crippen molar-refractivity contribution < 1.29 is 0 Å². The molecule has 0 N–H and O–H groups in total. The van der Waals surface area contributed by atoms with Crippen molar-refractivity contribution in [2.24, 2.45) is 0 Å². The molecule has 1 heterocycles. The van der Waals surface area contributed by atoms with Crippen molar-refractivity contribution in [3.05, 3.63) is 180 Å². The smallest absolute Gasteiger partial charge is 0.0725 e. The molecule has 212 valence electrons. The van der Waals surface area contributed by atoms with Crippen molar-refractivity contribution in [3.63, 3.8) is 0 Å². The van der Waals surface area contributed by atoms with E-state index in [1.807, 2.05) is 11.8 Å². The third-order valence-electron chi connectivity index (χ3n) is 10.6. The molecule has 0 radical (unpaired) electrons. The van der Waals surface area contributed by atoms with E-state index in [0.717, 1.165) is 0 Å². The van der Waals surface area contributed by atoms with E-state index < -0.39 is 0 Å². The van der Waals surface area contributed by atoms with Gasteiger partial charge in [0.25, 0.3) is 0 Å². The summed E-state index contributed by atoms with van der Waals surface area (Å²) in [4.78, 5) is 2.67. The highest BCUT2D eigenvalue weighted by Crippen LogP contribution is 2.63. The Hall–Kier alpha value is -5.37. The van der Waals surface area contributed by atoms with Gasteiger partial charge in [-0.1, -0.05) is 133 Å². The Morgan fingerprint density at radius 3 is 1.72 bits per heavy atom. The van der Waals surface area contributed by atoms with Crippen LogP contribution < -0.4 is 0 Å². The van der Waals surface area contributed by atoms with Gasteiger partial charge in [0.2, 0.25) is 0 Å². The summed E-state index contributed by atoms with van der Waals surface area (Å²) in [6.45, 7) is 0. The normalized spacial score (nSPS) is 14.2. The molecule has 0 saturated carbocycles. The third-order valence-corrected chi connectivity index (χ3v) is 11.8. The first kappa shape index (κ1) is 24.9. The zero-order valence-corrected chi connectivity index (χ0v) is 25.7. The fourth-order valence-electron chi connectivity index (χ4n) is 8.75. The van der Waals surface area contributed by atoms with Crippen LogP contribution >= 0.6 is 11.8 Å². The summed E-state index contributed by atoms with van der Waals surface area (Å²) in [5.74, 6) is 0. The summed E-state index contributed by atoms with van der Waals surface area (Å²) < 4.78 is 0. The monoisotopic (exact) mass is 598 g/mol. The molecule has 1 heteroatoms. The van der Waals surface area contributed by atoms with Gasteiger partial charge in [-0.3, -0.25) is 0 Å². The van der Waals surface area contributed by atoms with Crippen LogP contribution in [0.15, 0.2) is 168 Å². The molecule has 11 rings (SSSR count). The molecule has 0 atom stereocenters. The van der Waals surface area contributed by atoms with E-state index >= 15 is 0 Å². The lowest BCUT2D eigenvalue weighted by atomic mass is 9.70. The van der Waals surface area contributed by atoms with Crippen LogP contribution in [0.3, 0.4) is 0 Å². The van der Waals surface area contributed by atoms with Gasteiger partial charge in [0.1, 0.15) is 0 Å². The van der Waals surface area contributed by atoms with Crippen LogP contribution in [-0.4, -0.2) is 0 Å². The molecule has 0 amide bonds. The number of rotatable bonds is 1. The standard InChI is InChI=1S/C45H26S/c1-2-10-29-25-41-36(23-28(29)9-1)34-21-19-31(26-40(34)45(41)38-16-5-3-13-32(38)33-14-4-6-17-39(33)45)30-20-22-42-37(24-30)35-15-7-11-27-12-8-18-43(46-42)44(27)35/h1-26H. The van der Waals surface area contributed by atoms with Crippen LogP contribution in [0.1, 0.15) is 22.3 Å². The molecule has 8 aromatic carbocycles. The van der Waals surface area contributed by atoms with Crippen LogP contribution in [0.4, 0.5) is 0 Å². The third kappa shape index (κ3) is 3.06. The van der Waals surface area contributed by atoms with Crippen LogP contribution in [0.25, 0.3) is 66.1 Å². The Kier molecular flexibility index (Phi) is 4.80. The lowest BCUT2D eigenvalue weighted by Crippen LogP contribution is -2.25. The van der Waals surface area contributed by atoms with E-state index in [0.29, 0.717) is 0 Å². The topological polar surface area (TPSA) is 0 Å². The summed E-state index contributed by atoms with van der Waals surface area (Å²) >= 11 is 1.89. The number of hydrogen-bond donors (Lipinski definition) is 0. The number of hydrogen-bond acceptors (Lipinski definition) is 1. The van der Waals surface area contributed by atoms with Gasteiger partial charge in [-0.2, -0.15) is 0 Å². The highest BCUT2D eigenvalue weighted by molar-refractivity contribution is 7.99.